The van der Waals surface area contributed by atoms with E-state index in [2.05, 4.69) is 28.6 Å². The average molecular weight is 367 g/mol. The Balaban J connectivity index is 1.77. The molecule has 2 rings (SSSR count). The minimum atomic E-state index is 0.186. The highest BCUT2D eigenvalue weighted by molar-refractivity contribution is 7.99. The van der Waals surface area contributed by atoms with E-state index in [1.807, 2.05) is 42.6 Å². The Hall–Kier alpha value is -0.970. The monoisotopic (exact) mass is 366 g/mol. The average Bonchev–Trinajstić information content (AvgIpc) is 3.10. The number of imidazole rings is 1. The third-order valence-electron chi connectivity index (χ3n) is 3.82. The van der Waals surface area contributed by atoms with Gasteiger partial charge in [0.2, 0.25) is 0 Å². The first kappa shape index (κ1) is 19.4. The van der Waals surface area contributed by atoms with E-state index >= 15 is 0 Å². The van der Waals surface area contributed by atoms with Gasteiger partial charge in [0, 0.05) is 34.7 Å². The summed E-state index contributed by atoms with van der Waals surface area (Å²) in [4.78, 5) is 5.34. The Morgan fingerprint density at radius 1 is 1.17 bits per heavy atom. The summed E-state index contributed by atoms with van der Waals surface area (Å²) in [5.74, 6) is 0.925. The van der Waals surface area contributed by atoms with Crippen molar-refractivity contribution in [2.24, 2.45) is 0 Å². The highest BCUT2D eigenvalue weighted by atomic mass is 35.5. The topological polar surface area (TPSA) is 27.1 Å². The van der Waals surface area contributed by atoms with Gasteiger partial charge in [-0.15, -0.1) is 11.8 Å². The molecule has 0 aliphatic rings. The molecular weight excluding hydrogens is 340 g/mol. The number of aromatic nitrogens is 2. The number of halogens is 1. The Bertz CT molecular complexity index is 545. The molecule has 0 saturated carbocycles. The third-order valence-corrected chi connectivity index (χ3v) is 5.22. The smallest absolute Gasteiger partial charge is 0.0946 e. The van der Waals surface area contributed by atoms with Crippen LogP contribution < -0.4 is 0 Å². The summed E-state index contributed by atoms with van der Waals surface area (Å²) in [6, 6.07) is 7.99. The molecule has 0 aliphatic heterocycles. The standard InChI is InChI=1S/C19H27ClN2OS/c1-2-3-4-5-6-13-23-18(14-22-12-11-21-16-22)15-24-19-9-7-17(20)8-10-19/h7-12,16,18H,2-6,13-15H2,1H3. The van der Waals surface area contributed by atoms with E-state index in [9.17, 15) is 0 Å². The third kappa shape index (κ3) is 7.73. The fourth-order valence-electron chi connectivity index (χ4n) is 2.46. The van der Waals surface area contributed by atoms with Crippen molar-refractivity contribution >= 4 is 23.4 Å². The Kier molecular flexibility index (Phi) is 9.32. The van der Waals surface area contributed by atoms with Crippen LogP contribution in [0.3, 0.4) is 0 Å². The number of nitrogens with zero attached hydrogens (tertiary/aromatic N) is 2. The van der Waals surface area contributed by atoms with Crippen LogP contribution in [-0.4, -0.2) is 28.0 Å². The molecule has 1 heterocycles. The molecule has 0 fully saturated rings. The molecule has 5 heteroatoms. The van der Waals surface area contributed by atoms with Crippen molar-refractivity contribution < 1.29 is 4.74 Å². The molecule has 0 spiro atoms. The zero-order valence-electron chi connectivity index (χ0n) is 14.4. The molecular formula is C19H27ClN2OS. The van der Waals surface area contributed by atoms with Gasteiger partial charge in [0.25, 0.3) is 0 Å². The maximum atomic E-state index is 6.15. The van der Waals surface area contributed by atoms with Crippen molar-refractivity contribution in [2.45, 2.75) is 56.6 Å². The molecule has 3 nitrogen and oxygen atoms in total. The van der Waals surface area contributed by atoms with Crippen LogP contribution >= 0.6 is 23.4 Å². The van der Waals surface area contributed by atoms with E-state index in [1.165, 1.54) is 30.6 Å². The molecule has 0 N–H and O–H groups in total. The lowest BCUT2D eigenvalue weighted by Gasteiger charge is -2.18. The summed E-state index contributed by atoms with van der Waals surface area (Å²) in [5, 5.41) is 0.776. The van der Waals surface area contributed by atoms with Crippen molar-refractivity contribution in [3.8, 4) is 0 Å². The van der Waals surface area contributed by atoms with E-state index in [1.54, 1.807) is 0 Å². The fourth-order valence-corrected chi connectivity index (χ4v) is 3.49. The van der Waals surface area contributed by atoms with Gasteiger partial charge in [-0.25, -0.2) is 4.98 Å². The van der Waals surface area contributed by atoms with E-state index < -0.39 is 0 Å². The first-order valence-corrected chi connectivity index (χ1v) is 10.1. The molecule has 1 unspecified atom stereocenters. The summed E-state index contributed by atoms with van der Waals surface area (Å²) in [7, 11) is 0. The summed E-state index contributed by atoms with van der Waals surface area (Å²) in [6.45, 7) is 3.92. The molecule has 1 aromatic carbocycles. The summed E-state index contributed by atoms with van der Waals surface area (Å²) >= 11 is 7.76. The van der Waals surface area contributed by atoms with Crippen LogP contribution in [0.5, 0.6) is 0 Å². The SMILES string of the molecule is CCCCCCCOC(CSc1ccc(Cl)cc1)Cn1ccnc1. The van der Waals surface area contributed by atoms with Gasteiger partial charge in [-0.05, 0) is 30.7 Å². The van der Waals surface area contributed by atoms with Crippen LogP contribution in [0, 0.1) is 0 Å². The van der Waals surface area contributed by atoms with Crippen LogP contribution in [0.1, 0.15) is 39.0 Å². The molecule has 0 saturated heterocycles. The zero-order chi connectivity index (χ0) is 17.0. The minimum Gasteiger partial charge on any atom is -0.375 e. The first-order valence-electron chi connectivity index (χ1n) is 8.73. The van der Waals surface area contributed by atoms with Crippen LogP contribution in [-0.2, 0) is 11.3 Å². The molecule has 0 radical (unpaired) electrons. The van der Waals surface area contributed by atoms with Crippen LogP contribution in [0.15, 0.2) is 47.9 Å². The van der Waals surface area contributed by atoms with E-state index in [0.717, 1.165) is 30.3 Å². The van der Waals surface area contributed by atoms with E-state index in [4.69, 9.17) is 16.3 Å². The molecule has 0 bridgehead atoms. The quantitative estimate of drug-likeness (QED) is 0.357. The molecule has 2 aromatic rings. The lowest BCUT2D eigenvalue weighted by Crippen LogP contribution is -2.23. The van der Waals surface area contributed by atoms with Crippen molar-refractivity contribution in [3.05, 3.63) is 48.0 Å². The number of ether oxygens (including phenoxy) is 1. The molecule has 0 amide bonds. The summed E-state index contributed by atoms with van der Waals surface area (Å²) in [5.41, 5.74) is 0. The summed E-state index contributed by atoms with van der Waals surface area (Å²) < 4.78 is 8.23. The predicted octanol–water partition coefficient (Wildman–Crippen LogP) is 5.68. The lowest BCUT2D eigenvalue weighted by atomic mass is 10.2. The molecule has 132 valence electrons. The minimum absolute atomic E-state index is 0.186. The second-order valence-electron chi connectivity index (χ2n) is 5.93. The van der Waals surface area contributed by atoms with Gasteiger partial charge in [0.15, 0.2) is 0 Å². The van der Waals surface area contributed by atoms with Gasteiger partial charge in [-0.3, -0.25) is 0 Å². The van der Waals surface area contributed by atoms with Gasteiger partial charge in [0.1, 0.15) is 0 Å². The van der Waals surface area contributed by atoms with Crippen molar-refractivity contribution in [1.29, 1.82) is 0 Å². The van der Waals surface area contributed by atoms with Gasteiger partial charge >= 0.3 is 0 Å². The number of hydrogen-bond acceptors (Lipinski definition) is 3. The molecule has 24 heavy (non-hydrogen) atoms. The highest BCUT2D eigenvalue weighted by Gasteiger charge is 2.11. The fraction of sp³-hybridized carbons (Fsp3) is 0.526. The molecule has 1 aromatic heterocycles. The maximum Gasteiger partial charge on any atom is 0.0946 e. The van der Waals surface area contributed by atoms with Crippen molar-refractivity contribution in [3.63, 3.8) is 0 Å². The second kappa shape index (κ2) is 11.6. The first-order chi connectivity index (χ1) is 11.8. The molecule has 0 aliphatic carbocycles. The number of thioether (sulfide) groups is 1. The second-order valence-corrected chi connectivity index (χ2v) is 7.46. The van der Waals surface area contributed by atoms with Crippen molar-refractivity contribution in [2.75, 3.05) is 12.4 Å². The largest absolute Gasteiger partial charge is 0.375 e. The van der Waals surface area contributed by atoms with Crippen LogP contribution in [0.25, 0.3) is 0 Å². The Morgan fingerprint density at radius 3 is 2.67 bits per heavy atom. The Morgan fingerprint density at radius 2 is 1.96 bits per heavy atom. The van der Waals surface area contributed by atoms with Gasteiger partial charge in [0.05, 0.1) is 19.0 Å². The van der Waals surface area contributed by atoms with Gasteiger partial charge in [-0.2, -0.15) is 0 Å². The summed E-state index contributed by atoms with van der Waals surface area (Å²) in [6.07, 6.45) is 12.2. The number of hydrogen-bond donors (Lipinski definition) is 0. The molecule has 1 atom stereocenters. The zero-order valence-corrected chi connectivity index (χ0v) is 15.9. The number of rotatable bonds is 12. The van der Waals surface area contributed by atoms with Gasteiger partial charge < -0.3 is 9.30 Å². The number of unbranched alkanes of at least 4 members (excludes halogenated alkanes) is 4. The number of benzene rings is 1. The van der Waals surface area contributed by atoms with Crippen LogP contribution in [0.4, 0.5) is 0 Å². The van der Waals surface area contributed by atoms with Crippen molar-refractivity contribution in [1.82, 2.24) is 9.55 Å². The highest BCUT2D eigenvalue weighted by Crippen LogP contribution is 2.22. The van der Waals surface area contributed by atoms with Gasteiger partial charge in [-0.1, -0.05) is 44.2 Å². The Labute approximate surface area is 154 Å². The predicted molar refractivity (Wildman–Crippen MR) is 103 cm³/mol. The van der Waals surface area contributed by atoms with Crippen LogP contribution in [0.2, 0.25) is 5.02 Å². The lowest BCUT2D eigenvalue weighted by molar-refractivity contribution is 0.0548. The normalized spacial score (nSPS) is 12.4. The van der Waals surface area contributed by atoms with E-state index in [-0.39, 0.29) is 6.10 Å². The maximum absolute atomic E-state index is 6.15. The van der Waals surface area contributed by atoms with E-state index in [0.29, 0.717) is 0 Å².